The van der Waals surface area contributed by atoms with E-state index < -0.39 is 0 Å². The van der Waals surface area contributed by atoms with Crippen LogP contribution in [0.15, 0.2) is 58.4 Å². The topological polar surface area (TPSA) is 55.1 Å². The molecule has 6 heteroatoms. The van der Waals surface area contributed by atoms with Crippen LogP contribution in [0.4, 0.5) is 5.69 Å². The molecule has 2 heterocycles. The van der Waals surface area contributed by atoms with E-state index in [0.717, 1.165) is 17.0 Å². The average molecular weight is 312 g/mol. The lowest BCUT2D eigenvalue weighted by atomic mass is 10.2. The number of thioether (sulfide) groups is 1. The molecule has 0 N–H and O–H groups in total. The molecule has 5 nitrogen and oxygen atoms in total. The van der Waals surface area contributed by atoms with Crippen molar-refractivity contribution in [1.29, 1.82) is 0 Å². The second-order valence-corrected chi connectivity index (χ2v) is 5.89. The van der Waals surface area contributed by atoms with Gasteiger partial charge in [0.2, 0.25) is 5.89 Å². The second-order valence-electron chi connectivity index (χ2n) is 4.96. The highest BCUT2D eigenvalue weighted by Crippen LogP contribution is 2.27. The van der Waals surface area contributed by atoms with Crippen molar-refractivity contribution in [3.8, 4) is 11.5 Å². The Labute approximate surface area is 133 Å². The van der Waals surface area contributed by atoms with Gasteiger partial charge >= 0.3 is 0 Å². The van der Waals surface area contributed by atoms with E-state index in [1.807, 2.05) is 55.4 Å². The molecule has 0 radical (unpaired) electrons. The van der Waals surface area contributed by atoms with Crippen molar-refractivity contribution in [1.82, 2.24) is 15.2 Å². The summed E-state index contributed by atoms with van der Waals surface area (Å²) in [7, 11) is 4.01. The van der Waals surface area contributed by atoms with E-state index in [2.05, 4.69) is 15.2 Å². The van der Waals surface area contributed by atoms with Gasteiger partial charge in [0.15, 0.2) is 0 Å². The summed E-state index contributed by atoms with van der Waals surface area (Å²) in [6, 6.07) is 12.0. The fourth-order valence-corrected chi connectivity index (χ4v) is 2.64. The molecule has 0 spiro atoms. The van der Waals surface area contributed by atoms with E-state index in [1.54, 1.807) is 12.4 Å². The molecule has 0 aliphatic rings. The standard InChI is InChI=1S/C16H16N4OS/c1-20(2)14-5-3-4-13(10-14)15-18-19-16(21-15)22-11-12-6-8-17-9-7-12/h3-10H,11H2,1-2H3. The first-order valence-electron chi connectivity index (χ1n) is 6.85. The Bertz CT molecular complexity index is 743. The molecule has 2 aromatic heterocycles. The molecule has 0 unspecified atom stereocenters. The fraction of sp³-hybridized carbons (Fsp3) is 0.188. The minimum absolute atomic E-state index is 0.543. The maximum absolute atomic E-state index is 5.73. The first-order chi connectivity index (χ1) is 10.7. The SMILES string of the molecule is CN(C)c1cccc(-c2nnc(SCc3ccncc3)o2)c1. The van der Waals surface area contributed by atoms with Gasteiger partial charge in [0.05, 0.1) is 0 Å². The smallest absolute Gasteiger partial charge is 0.277 e. The quantitative estimate of drug-likeness (QED) is 0.672. The molecule has 0 aliphatic heterocycles. The molecule has 1 aromatic carbocycles. The van der Waals surface area contributed by atoms with Crippen LogP contribution < -0.4 is 4.90 Å². The third kappa shape index (κ3) is 3.46. The Balaban J connectivity index is 1.72. The number of nitrogens with zero attached hydrogens (tertiary/aromatic N) is 4. The number of benzene rings is 1. The van der Waals surface area contributed by atoms with E-state index in [4.69, 9.17) is 4.42 Å². The van der Waals surface area contributed by atoms with Gasteiger partial charge in [-0.15, -0.1) is 10.2 Å². The molecule has 3 aromatic rings. The van der Waals surface area contributed by atoms with E-state index in [0.29, 0.717) is 11.1 Å². The zero-order chi connectivity index (χ0) is 15.4. The van der Waals surface area contributed by atoms with Crippen LogP contribution in [0, 0.1) is 0 Å². The van der Waals surface area contributed by atoms with Crippen LogP contribution in [0.1, 0.15) is 5.56 Å². The third-order valence-corrected chi connectivity index (χ3v) is 4.02. The summed E-state index contributed by atoms with van der Waals surface area (Å²) in [5.41, 5.74) is 3.20. The third-order valence-electron chi connectivity index (χ3n) is 3.13. The van der Waals surface area contributed by atoms with Crippen molar-refractivity contribution >= 4 is 17.4 Å². The molecule has 3 rings (SSSR count). The number of anilines is 1. The number of aromatic nitrogens is 3. The summed E-state index contributed by atoms with van der Waals surface area (Å²) in [5.74, 6) is 1.32. The summed E-state index contributed by atoms with van der Waals surface area (Å²) < 4.78 is 5.73. The maximum atomic E-state index is 5.73. The largest absolute Gasteiger partial charge is 0.411 e. The molecule has 112 valence electrons. The molecule has 0 fully saturated rings. The molecule has 0 saturated carbocycles. The van der Waals surface area contributed by atoms with E-state index in [-0.39, 0.29) is 0 Å². The summed E-state index contributed by atoms with van der Waals surface area (Å²) in [6.45, 7) is 0. The van der Waals surface area contributed by atoms with Gasteiger partial charge in [0.25, 0.3) is 5.22 Å². The van der Waals surface area contributed by atoms with Crippen molar-refractivity contribution in [2.45, 2.75) is 11.0 Å². The van der Waals surface area contributed by atoms with Crippen LogP contribution in [-0.2, 0) is 5.75 Å². The van der Waals surface area contributed by atoms with Crippen molar-refractivity contribution < 1.29 is 4.42 Å². The molecule has 0 aliphatic carbocycles. The van der Waals surface area contributed by atoms with Gasteiger partial charge in [-0.25, -0.2) is 0 Å². The van der Waals surface area contributed by atoms with Crippen molar-refractivity contribution in [3.63, 3.8) is 0 Å². The van der Waals surface area contributed by atoms with E-state index in [1.165, 1.54) is 17.3 Å². The predicted molar refractivity (Wildman–Crippen MR) is 87.9 cm³/mol. The first kappa shape index (κ1) is 14.6. The molecular weight excluding hydrogens is 296 g/mol. The summed E-state index contributed by atoms with van der Waals surface area (Å²) in [6.07, 6.45) is 3.56. The number of rotatable bonds is 5. The molecule has 22 heavy (non-hydrogen) atoms. The monoisotopic (exact) mass is 312 g/mol. The van der Waals surface area contributed by atoms with Gasteiger partial charge in [-0.2, -0.15) is 0 Å². The van der Waals surface area contributed by atoms with Crippen molar-refractivity contribution in [2.75, 3.05) is 19.0 Å². The number of hydrogen-bond acceptors (Lipinski definition) is 6. The van der Waals surface area contributed by atoms with Crippen LogP contribution in [0.5, 0.6) is 0 Å². The lowest BCUT2D eigenvalue weighted by Crippen LogP contribution is -2.08. The van der Waals surface area contributed by atoms with Gasteiger partial charge in [0, 0.05) is 43.5 Å². The van der Waals surface area contributed by atoms with Crippen LogP contribution in [0.3, 0.4) is 0 Å². The first-order valence-corrected chi connectivity index (χ1v) is 7.84. The maximum Gasteiger partial charge on any atom is 0.277 e. The Kier molecular flexibility index (Phi) is 4.39. The number of hydrogen-bond donors (Lipinski definition) is 0. The summed E-state index contributed by atoms with van der Waals surface area (Å²) >= 11 is 1.52. The van der Waals surface area contributed by atoms with Crippen LogP contribution in [0.25, 0.3) is 11.5 Å². The zero-order valence-electron chi connectivity index (χ0n) is 12.4. The van der Waals surface area contributed by atoms with Crippen LogP contribution in [0.2, 0.25) is 0 Å². The minimum atomic E-state index is 0.543. The molecule has 0 saturated heterocycles. The van der Waals surface area contributed by atoms with Gasteiger partial charge < -0.3 is 9.32 Å². The predicted octanol–water partition coefficient (Wildman–Crippen LogP) is 3.49. The van der Waals surface area contributed by atoms with Crippen molar-refractivity contribution in [3.05, 3.63) is 54.4 Å². The Morgan fingerprint density at radius 3 is 2.68 bits per heavy atom. The molecule has 0 amide bonds. The molecule has 0 atom stereocenters. The summed E-state index contributed by atoms with van der Waals surface area (Å²) in [5, 5.41) is 8.80. The highest BCUT2D eigenvalue weighted by atomic mass is 32.2. The Hall–Kier alpha value is -2.34. The highest BCUT2D eigenvalue weighted by molar-refractivity contribution is 7.98. The summed E-state index contributed by atoms with van der Waals surface area (Å²) in [4.78, 5) is 6.04. The lowest BCUT2D eigenvalue weighted by Gasteiger charge is -2.12. The lowest BCUT2D eigenvalue weighted by molar-refractivity contribution is 0.466. The molecule has 0 bridgehead atoms. The fourth-order valence-electron chi connectivity index (χ4n) is 1.93. The average Bonchev–Trinajstić information content (AvgIpc) is 3.03. The normalized spacial score (nSPS) is 10.6. The van der Waals surface area contributed by atoms with Gasteiger partial charge in [-0.05, 0) is 35.9 Å². The van der Waals surface area contributed by atoms with Crippen LogP contribution >= 0.6 is 11.8 Å². The van der Waals surface area contributed by atoms with Gasteiger partial charge in [-0.1, -0.05) is 17.8 Å². The van der Waals surface area contributed by atoms with Crippen molar-refractivity contribution in [2.24, 2.45) is 0 Å². The van der Waals surface area contributed by atoms with E-state index in [9.17, 15) is 0 Å². The van der Waals surface area contributed by atoms with Gasteiger partial charge in [-0.3, -0.25) is 4.98 Å². The Morgan fingerprint density at radius 2 is 1.91 bits per heavy atom. The number of pyridine rings is 1. The second kappa shape index (κ2) is 6.62. The van der Waals surface area contributed by atoms with E-state index >= 15 is 0 Å². The Morgan fingerprint density at radius 1 is 1.09 bits per heavy atom. The zero-order valence-corrected chi connectivity index (χ0v) is 13.2. The van der Waals surface area contributed by atoms with Gasteiger partial charge in [0.1, 0.15) is 0 Å². The van der Waals surface area contributed by atoms with Crippen LogP contribution in [-0.4, -0.2) is 29.3 Å². The minimum Gasteiger partial charge on any atom is -0.411 e. The highest BCUT2D eigenvalue weighted by Gasteiger charge is 2.10. The molecular formula is C16H16N4OS.